The highest BCUT2D eigenvalue weighted by Crippen LogP contribution is 2.07. The van der Waals surface area contributed by atoms with Crippen LogP contribution in [-0.4, -0.2) is 6.17 Å². The molecule has 48 valence electrons. The van der Waals surface area contributed by atoms with Crippen LogP contribution in [0.15, 0.2) is 12.4 Å². The third-order valence-electron chi connectivity index (χ3n) is 0.813. The second kappa shape index (κ2) is 3.58. The van der Waals surface area contributed by atoms with Gasteiger partial charge in [-0.3, -0.25) is 0 Å². The summed E-state index contributed by atoms with van der Waals surface area (Å²) in [4.78, 5) is 0. The van der Waals surface area contributed by atoms with Crippen molar-refractivity contribution >= 4 is 0 Å². The smallest absolute Gasteiger partial charge is 0.0977 e. The summed E-state index contributed by atoms with van der Waals surface area (Å²) in [5.74, 6) is -0.436. The van der Waals surface area contributed by atoms with Crippen molar-refractivity contribution < 1.29 is 8.78 Å². The molecule has 0 aromatic heterocycles. The van der Waals surface area contributed by atoms with Gasteiger partial charge in [0.05, 0.1) is 12.0 Å². The van der Waals surface area contributed by atoms with Crippen LogP contribution in [0.25, 0.3) is 0 Å². The fourth-order valence-electron chi connectivity index (χ4n) is 0.356. The van der Waals surface area contributed by atoms with Crippen molar-refractivity contribution in [3.05, 3.63) is 12.4 Å². The minimum atomic E-state index is -0.914. The van der Waals surface area contributed by atoms with Gasteiger partial charge in [-0.1, -0.05) is 6.58 Å². The average Bonchev–Trinajstić information content (AvgIpc) is 1.61. The lowest BCUT2D eigenvalue weighted by Gasteiger charge is -1.95. The van der Waals surface area contributed by atoms with Gasteiger partial charge in [-0.2, -0.15) is 0 Å². The van der Waals surface area contributed by atoms with E-state index in [0.717, 1.165) is 0 Å². The molecular formula is C6H10F2. The van der Waals surface area contributed by atoms with E-state index in [2.05, 4.69) is 6.58 Å². The van der Waals surface area contributed by atoms with E-state index in [1.165, 1.54) is 6.92 Å². The van der Waals surface area contributed by atoms with E-state index in [1.54, 1.807) is 0 Å². The predicted molar refractivity (Wildman–Crippen MR) is 30.1 cm³/mol. The summed E-state index contributed by atoms with van der Waals surface area (Å²) in [6.45, 7) is 4.40. The maximum absolute atomic E-state index is 11.9. The minimum Gasteiger partial charge on any atom is -0.248 e. The molecule has 0 aliphatic rings. The van der Waals surface area contributed by atoms with Crippen molar-refractivity contribution in [2.45, 2.75) is 25.9 Å². The van der Waals surface area contributed by atoms with Crippen LogP contribution < -0.4 is 0 Å². The Bertz CT molecular complexity index is 76.6. The Morgan fingerprint density at radius 3 is 2.38 bits per heavy atom. The first-order valence-corrected chi connectivity index (χ1v) is 2.60. The monoisotopic (exact) mass is 120 g/mol. The lowest BCUT2D eigenvalue weighted by molar-refractivity contribution is 0.333. The molecule has 0 spiro atoms. The van der Waals surface area contributed by atoms with E-state index in [4.69, 9.17) is 0 Å². The average molecular weight is 120 g/mol. The second-order valence-electron chi connectivity index (χ2n) is 1.84. The van der Waals surface area contributed by atoms with Crippen LogP contribution in [0.1, 0.15) is 19.8 Å². The molecule has 0 aromatic rings. The SMILES string of the molecule is C=C(F)CCC(C)F. The molecule has 0 radical (unpaired) electrons. The zero-order valence-corrected chi connectivity index (χ0v) is 4.95. The van der Waals surface area contributed by atoms with Crippen LogP contribution in [-0.2, 0) is 0 Å². The van der Waals surface area contributed by atoms with Crippen LogP contribution >= 0.6 is 0 Å². The number of hydrogen-bond donors (Lipinski definition) is 0. The number of rotatable bonds is 3. The zero-order chi connectivity index (χ0) is 6.57. The van der Waals surface area contributed by atoms with E-state index in [0.29, 0.717) is 0 Å². The number of halogens is 2. The van der Waals surface area contributed by atoms with Crippen LogP contribution in [0.4, 0.5) is 8.78 Å². The fraction of sp³-hybridized carbons (Fsp3) is 0.667. The van der Waals surface area contributed by atoms with E-state index in [9.17, 15) is 8.78 Å². The fourth-order valence-corrected chi connectivity index (χ4v) is 0.356. The predicted octanol–water partition coefficient (Wildman–Crippen LogP) is 2.61. The molecule has 0 saturated heterocycles. The van der Waals surface area contributed by atoms with Gasteiger partial charge in [-0.25, -0.2) is 8.78 Å². The number of alkyl halides is 1. The first kappa shape index (κ1) is 7.60. The quantitative estimate of drug-likeness (QED) is 0.537. The lowest BCUT2D eigenvalue weighted by atomic mass is 10.2. The molecule has 2 heteroatoms. The molecule has 0 aliphatic carbocycles. The van der Waals surface area contributed by atoms with Gasteiger partial charge < -0.3 is 0 Å². The van der Waals surface area contributed by atoms with Crippen LogP contribution in [0, 0.1) is 0 Å². The summed E-state index contributed by atoms with van der Waals surface area (Å²) in [6, 6.07) is 0. The highest BCUT2D eigenvalue weighted by molar-refractivity contribution is 4.79. The van der Waals surface area contributed by atoms with Crippen molar-refractivity contribution in [2.75, 3.05) is 0 Å². The van der Waals surface area contributed by atoms with Crippen LogP contribution in [0.2, 0.25) is 0 Å². The summed E-state index contributed by atoms with van der Waals surface area (Å²) in [6.07, 6.45) is -0.519. The Morgan fingerprint density at radius 2 is 2.25 bits per heavy atom. The molecule has 8 heavy (non-hydrogen) atoms. The Kier molecular flexibility index (Phi) is 3.40. The molecule has 0 N–H and O–H groups in total. The van der Waals surface area contributed by atoms with E-state index in [-0.39, 0.29) is 12.8 Å². The van der Waals surface area contributed by atoms with E-state index < -0.39 is 12.0 Å². The van der Waals surface area contributed by atoms with Crippen molar-refractivity contribution in [1.82, 2.24) is 0 Å². The van der Waals surface area contributed by atoms with Crippen molar-refractivity contribution in [1.29, 1.82) is 0 Å². The van der Waals surface area contributed by atoms with Gasteiger partial charge in [-0.05, 0) is 13.3 Å². The van der Waals surface area contributed by atoms with Crippen LogP contribution in [0.3, 0.4) is 0 Å². The summed E-state index contributed by atoms with van der Waals surface area (Å²) in [5, 5.41) is 0. The molecule has 0 nitrogen and oxygen atoms in total. The zero-order valence-electron chi connectivity index (χ0n) is 4.95. The third kappa shape index (κ3) is 5.60. The maximum Gasteiger partial charge on any atom is 0.0977 e. The molecule has 1 unspecified atom stereocenters. The molecule has 0 aromatic carbocycles. The molecule has 0 bridgehead atoms. The van der Waals surface area contributed by atoms with Crippen molar-refractivity contribution in [2.24, 2.45) is 0 Å². The third-order valence-corrected chi connectivity index (χ3v) is 0.813. The van der Waals surface area contributed by atoms with E-state index >= 15 is 0 Å². The molecule has 1 atom stereocenters. The lowest BCUT2D eigenvalue weighted by Crippen LogP contribution is -1.90. The summed E-state index contributed by atoms with van der Waals surface area (Å²) >= 11 is 0. The summed E-state index contributed by atoms with van der Waals surface area (Å²) in [5.41, 5.74) is 0. The largest absolute Gasteiger partial charge is 0.248 e. The minimum absolute atomic E-state index is 0.150. The maximum atomic E-state index is 11.9. The van der Waals surface area contributed by atoms with Crippen molar-refractivity contribution in [3.8, 4) is 0 Å². The number of hydrogen-bond acceptors (Lipinski definition) is 0. The Hall–Kier alpha value is -0.400. The second-order valence-corrected chi connectivity index (χ2v) is 1.84. The first-order chi connectivity index (χ1) is 3.63. The summed E-state index contributed by atoms with van der Waals surface area (Å²) in [7, 11) is 0. The van der Waals surface area contributed by atoms with Gasteiger partial charge in [-0.15, -0.1) is 0 Å². The molecule has 0 fully saturated rings. The topological polar surface area (TPSA) is 0 Å². The van der Waals surface area contributed by atoms with Gasteiger partial charge in [0.25, 0.3) is 0 Å². The molecule has 0 rings (SSSR count). The Labute approximate surface area is 48.2 Å². The molecule has 0 aliphatic heterocycles. The van der Waals surface area contributed by atoms with Crippen molar-refractivity contribution in [3.63, 3.8) is 0 Å². The van der Waals surface area contributed by atoms with Gasteiger partial charge in [0.15, 0.2) is 0 Å². The van der Waals surface area contributed by atoms with Gasteiger partial charge in [0.2, 0.25) is 0 Å². The van der Waals surface area contributed by atoms with E-state index in [1.807, 2.05) is 0 Å². The highest BCUT2D eigenvalue weighted by Gasteiger charge is 1.97. The molecule has 0 heterocycles. The van der Waals surface area contributed by atoms with Gasteiger partial charge in [0.1, 0.15) is 0 Å². The Morgan fingerprint density at radius 1 is 1.75 bits per heavy atom. The molecule has 0 amide bonds. The normalized spacial score (nSPS) is 13.4. The van der Waals surface area contributed by atoms with Crippen LogP contribution in [0.5, 0.6) is 0 Å². The highest BCUT2D eigenvalue weighted by atomic mass is 19.1. The Balaban J connectivity index is 3.05. The molecule has 0 saturated carbocycles. The van der Waals surface area contributed by atoms with Gasteiger partial charge in [0, 0.05) is 6.42 Å². The first-order valence-electron chi connectivity index (χ1n) is 2.60. The van der Waals surface area contributed by atoms with Gasteiger partial charge >= 0.3 is 0 Å². The summed E-state index contributed by atoms with van der Waals surface area (Å²) < 4.78 is 23.6. The number of allylic oxidation sites excluding steroid dienone is 1. The standard InChI is InChI=1S/C6H10F2/c1-5(7)3-4-6(2)8/h6H,1,3-4H2,2H3. The molecular weight excluding hydrogens is 110 g/mol.